The summed E-state index contributed by atoms with van der Waals surface area (Å²) in [4.78, 5) is 15.2. The van der Waals surface area contributed by atoms with Crippen molar-refractivity contribution in [2.75, 3.05) is 17.2 Å². The summed E-state index contributed by atoms with van der Waals surface area (Å²) < 4.78 is 32.0. The van der Waals surface area contributed by atoms with Crippen LogP contribution in [0.3, 0.4) is 0 Å². The Balaban J connectivity index is 1.58. The molecule has 1 heterocycles. The van der Waals surface area contributed by atoms with Crippen molar-refractivity contribution in [1.82, 2.24) is 0 Å². The van der Waals surface area contributed by atoms with E-state index in [-0.39, 0.29) is 23.0 Å². The van der Waals surface area contributed by atoms with Crippen molar-refractivity contribution < 1.29 is 17.9 Å². The van der Waals surface area contributed by atoms with Crippen LogP contribution in [0.25, 0.3) is 6.08 Å². The molecule has 176 valence electrons. The molecule has 0 saturated heterocycles. The molecule has 1 amide bonds. The lowest BCUT2D eigenvalue weighted by Gasteiger charge is -2.20. The third-order valence-corrected chi connectivity index (χ3v) is 8.70. The first-order valence-corrected chi connectivity index (χ1v) is 13.5. The Bertz CT molecular complexity index is 1380. The Kier molecular flexibility index (Phi) is 6.96. The average Bonchev–Trinajstić information content (AvgIpc) is 3.27. The van der Waals surface area contributed by atoms with E-state index in [4.69, 9.17) is 4.74 Å². The Morgan fingerprint density at radius 2 is 1.94 bits per heavy atom. The van der Waals surface area contributed by atoms with E-state index in [0.29, 0.717) is 17.9 Å². The second-order valence-electron chi connectivity index (χ2n) is 8.16. The van der Waals surface area contributed by atoms with E-state index >= 15 is 0 Å². The van der Waals surface area contributed by atoms with Gasteiger partial charge in [-0.2, -0.15) is 0 Å². The fourth-order valence-electron chi connectivity index (χ4n) is 4.24. The molecule has 0 N–H and O–H groups in total. The Hall–Kier alpha value is -2.90. The Labute approximate surface area is 209 Å². The van der Waals surface area contributed by atoms with Crippen LogP contribution in [-0.4, -0.2) is 26.6 Å². The van der Waals surface area contributed by atoms with E-state index < -0.39 is 9.84 Å². The predicted octanol–water partition coefficient (Wildman–Crippen LogP) is 6.12. The van der Waals surface area contributed by atoms with Crippen LogP contribution in [0.5, 0.6) is 11.5 Å². The highest BCUT2D eigenvalue weighted by molar-refractivity contribution is 9.10. The lowest BCUT2D eigenvalue weighted by Crippen LogP contribution is -2.30. The third kappa shape index (κ3) is 4.68. The molecular formula is C27H26BrNO4S. The number of anilines is 1. The van der Waals surface area contributed by atoms with Crippen molar-refractivity contribution in [3.63, 3.8) is 0 Å². The van der Waals surface area contributed by atoms with Gasteiger partial charge in [-0.25, -0.2) is 8.42 Å². The maximum atomic E-state index is 13.2. The largest absolute Gasteiger partial charge is 0.457 e. The number of carbonyl (C=O) groups is 1. The lowest BCUT2D eigenvalue weighted by atomic mass is 10.0. The van der Waals surface area contributed by atoms with Gasteiger partial charge in [0, 0.05) is 16.7 Å². The van der Waals surface area contributed by atoms with Crippen LogP contribution >= 0.6 is 15.9 Å². The van der Waals surface area contributed by atoms with E-state index in [1.807, 2.05) is 37.3 Å². The van der Waals surface area contributed by atoms with E-state index in [0.717, 1.165) is 39.0 Å². The summed E-state index contributed by atoms with van der Waals surface area (Å²) in [7, 11) is -3.40. The number of amides is 1. The first-order chi connectivity index (χ1) is 16.2. The zero-order valence-corrected chi connectivity index (χ0v) is 21.6. The number of halogens is 1. The van der Waals surface area contributed by atoms with Crippen LogP contribution in [-0.2, 0) is 27.5 Å². The molecule has 3 aromatic carbocycles. The van der Waals surface area contributed by atoms with Gasteiger partial charge >= 0.3 is 0 Å². The summed E-state index contributed by atoms with van der Waals surface area (Å²) in [5.41, 5.74) is 4.39. The highest BCUT2D eigenvalue weighted by atomic mass is 79.9. The van der Waals surface area contributed by atoms with Gasteiger partial charge < -0.3 is 9.64 Å². The van der Waals surface area contributed by atoms with Gasteiger partial charge in [-0.15, -0.1) is 0 Å². The summed E-state index contributed by atoms with van der Waals surface area (Å²) >= 11 is 3.50. The van der Waals surface area contributed by atoms with Crippen molar-refractivity contribution in [3.8, 4) is 11.5 Å². The average molecular weight is 540 g/mol. The molecule has 5 nitrogen and oxygen atoms in total. The van der Waals surface area contributed by atoms with Crippen molar-refractivity contribution in [2.45, 2.75) is 31.6 Å². The Morgan fingerprint density at radius 3 is 2.68 bits per heavy atom. The van der Waals surface area contributed by atoms with Crippen molar-refractivity contribution in [2.24, 2.45) is 0 Å². The SMILES string of the molecule is C=Cc1cc(Oc2ccc3c(c2C)CCN3C(=O)Cc2ccccc2S(=O)(=O)CC)ccc1Br. The van der Waals surface area contributed by atoms with Gasteiger partial charge in [-0.05, 0) is 72.0 Å². The van der Waals surface area contributed by atoms with Gasteiger partial charge in [0.2, 0.25) is 5.91 Å². The third-order valence-electron chi connectivity index (χ3n) is 6.15. The molecule has 0 aliphatic carbocycles. The van der Waals surface area contributed by atoms with E-state index in [9.17, 15) is 13.2 Å². The van der Waals surface area contributed by atoms with Crippen molar-refractivity contribution >= 4 is 43.4 Å². The maximum Gasteiger partial charge on any atom is 0.231 e. The molecule has 0 aromatic heterocycles. The minimum absolute atomic E-state index is 0.000612. The molecule has 0 atom stereocenters. The van der Waals surface area contributed by atoms with Crippen LogP contribution in [0.15, 0.2) is 70.5 Å². The normalized spacial score (nSPS) is 13.0. The molecule has 3 aromatic rings. The van der Waals surface area contributed by atoms with Gasteiger partial charge in [-0.3, -0.25) is 4.79 Å². The maximum absolute atomic E-state index is 13.2. The van der Waals surface area contributed by atoms with E-state index in [2.05, 4.69) is 22.5 Å². The molecule has 0 bridgehead atoms. The summed E-state index contributed by atoms with van der Waals surface area (Å²) in [6, 6.07) is 16.3. The minimum atomic E-state index is -3.40. The molecule has 1 aliphatic rings. The molecule has 1 aliphatic heterocycles. The topological polar surface area (TPSA) is 63.7 Å². The summed E-state index contributed by atoms with van der Waals surface area (Å²) in [6.07, 6.45) is 2.52. The fourth-order valence-corrected chi connectivity index (χ4v) is 5.78. The first-order valence-electron chi connectivity index (χ1n) is 11.1. The van der Waals surface area contributed by atoms with Gasteiger partial charge in [-0.1, -0.05) is 53.7 Å². The second-order valence-corrected chi connectivity index (χ2v) is 11.3. The zero-order valence-electron chi connectivity index (χ0n) is 19.2. The molecule has 34 heavy (non-hydrogen) atoms. The summed E-state index contributed by atoms with van der Waals surface area (Å²) in [6.45, 7) is 7.99. The number of sulfone groups is 1. The quantitative estimate of drug-likeness (QED) is 0.363. The first kappa shape index (κ1) is 24.2. The number of benzene rings is 3. The van der Waals surface area contributed by atoms with Crippen LogP contribution < -0.4 is 9.64 Å². The molecule has 0 unspecified atom stereocenters. The highest BCUT2D eigenvalue weighted by Crippen LogP contribution is 2.38. The number of nitrogens with zero attached hydrogens (tertiary/aromatic N) is 1. The van der Waals surface area contributed by atoms with E-state index in [1.165, 1.54) is 0 Å². The minimum Gasteiger partial charge on any atom is -0.457 e. The van der Waals surface area contributed by atoms with Crippen LogP contribution in [0.1, 0.15) is 29.2 Å². The number of ether oxygens (including phenoxy) is 1. The molecule has 0 radical (unpaired) electrons. The molecule has 0 fully saturated rings. The van der Waals surface area contributed by atoms with Crippen molar-refractivity contribution in [3.05, 3.63) is 87.9 Å². The van der Waals surface area contributed by atoms with Crippen LogP contribution in [0.2, 0.25) is 0 Å². The lowest BCUT2D eigenvalue weighted by molar-refractivity contribution is -0.117. The Morgan fingerprint density at radius 1 is 1.18 bits per heavy atom. The smallest absolute Gasteiger partial charge is 0.231 e. The molecule has 4 rings (SSSR count). The van der Waals surface area contributed by atoms with Gasteiger partial charge in [0.1, 0.15) is 11.5 Å². The summed E-state index contributed by atoms with van der Waals surface area (Å²) in [5, 5.41) is 0. The van der Waals surface area contributed by atoms with Crippen LogP contribution in [0.4, 0.5) is 5.69 Å². The number of hydrogen-bond donors (Lipinski definition) is 0. The number of carbonyl (C=O) groups excluding carboxylic acids is 1. The fraction of sp³-hybridized carbons (Fsp3) is 0.222. The number of rotatable bonds is 7. The standard InChI is InChI=1S/C27H26BrNO4S/c1-4-19-16-21(10-11-23(19)28)33-25-13-12-24-22(18(25)3)14-15-29(24)27(30)17-20-8-6-7-9-26(20)34(31,32)5-2/h4,6-13,16H,1,5,14-15,17H2,2-3H3. The van der Waals surface area contributed by atoms with Gasteiger partial charge in [0.25, 0.3) is 0 Å². The molecule has 7 heteroatoms. The highest BCUT2D eigenvalue weighted by Gasteiger charge is 2.28. The van der Waals surface area contributed by atoms with Crippen LogP contribution in [0, 0.1) is 6.92 Å². The number of hydrogen-bond acceptors (Lipinski definition) is 4. The van der Waals surface area contributed by atoms with Gasteiger partial charge in [0.15, 0.2) is 9.84 Å². The zero-order chi connectivity index (χ0) is 24.5. The van der Waals surface area contributed by atoms with Gasteiger partial charge in [0.05, 0.1) is 17.1 Å². The predicted molar refractivity (Wildman–Crippen MR) is 139 cm³/mol. The number of fused-ring (bicyclic) bond motifs is 1. The second kappa shape index (κ2) is 9.76. The van der Waals surface area contributed by atoms with Crippen molar-refractivity contribution in [1.29, 1.82) is 0 Å². The molecular weight excluding hydrogens is 514 g/mol. The monoisotopic (exact) mass is 539 g/mol. The summed E-state index contributed by atoms with van der Waals surface area (Å²) in [5.74, 6) is 1.33. The molecule has 0 saturated carbocycles. The van der Waals surface area contributed by atoms with E-state index in [1.54, 1.807) is 42.2 Å². The molecule has 0 spiro atoms.